The fourth-order valence-electron chi connectivity index (χ4n) is 2.19. The molecule has 1 aromatic carbocycles. The Balaban J connectivity index is 3.17. The zero-order chi connectivity index (χ0) is 13.7. The van der Waals surface area contributed by atoms with Gasteiger partial charge >= 0.3 is 0 Å². The van der Waals surface area contributed by atoms with Crippen molar-refractivity contribution in [1.82, 2.24) is 0 Å². The lowest BCUT2D eigenvalue weighted by atomic mass is 9.92. The van der Waals surface area contributed by atoms with Crippen LogP contribution < -0.4 is 11.5 Å². The fraction of sp³-hybridized carbons (Fsp3) is 0.571. The first-order chi connectivity index (χ1) is 8.47. The largest absolute Gasteiger partial charge is 0.393 e. The maximum Gasteiger partial charge on any atom is 0.0552 e. The third-order valence-electron chi connectivity index (χ3n) is 2.99. The van der Waals surface area contributed by atoms with E-state index < -0.39 is 12.2 Å². The van der Waals surface area contributed by atoms with Gasteiger partial charge in [-0.2, -0.15) is 0 Å². The van der Waals surface area contributed by atoms with Gasteiger partial charge in [0.1, 0.15) is 0 Å². The molecule has 4 heteroatoms. The molecular formula is C14H24N2O2. The summed E-state index contributed by atoms with van der Waals surface area (Å²) in [5.74, 6) is 0. The molecule has 0 amide bonds. The third kappa shape index (κ3) is 4.07. The van der Waals surface area contributed by atoms with Gasteiger partial charge in [-0.15, -0.1) is 0 Å². The van der Waals surface area contributed by atoms with Gasteiger partial charge in [0.05, 0.1) is 12.2 Å². The minimum Gasteiger partial charge on any atom is -0.393 e. The summed E-state index contributed by atoms with van der Waals surface area (Å²) in [4.78, 5) is 0. The highest BCUT2D eigenvalue weighted by molar-refractivity contribution is 5.39. The van der Waals surface area contributed by atoms with Gasteiger partial charge in [-0.3, -0.25) is 0 Å². The van der Waals surface area contributed by atoms with Crippen molar-refractivity contribution in [3.8, 4) is 0 Å². The van der Waals surface area contributed by atoms with E-state index in [0.29, 0.717) is 25.9 Å². The average molecular weight is 252 g/mol. The first-order valence-electron chi connectivity index (χ1n) is 6.37. The molecule has 102 valence electrons. The Morgan fingerprint density at radius 2 is 1.17 bits per heavy atom. The molecule has 6 N–H and O–H groups in total. The van der Waals surface area contributed by atoms with Crippen molar-refractivity contribution in [2.24, 2.45) is 11.5 Å². The molecule has 2 unspecified atom stereocenters. The van der Waals surface area contributed by atoms with Gasteiger partial charge < -0.3 is 21.7 Å². The first kappa shape index (κ1) is 15.1. The van der Waals surface area contributed by atoms with Crippen LogP contribution in [0.3, 0.4) is 0 Å². The van der Waals surface area contributed by atoms with Gasteiger partial charge in [0.25, 0.3) is 0 Å². The topological polar surface area (TPSA) is 92.5 Å². The number of rotatable bonds is 6. The van der Waals surface area contributed by atoms with Gasteiger partial charge in [-0.25, -0.2) is 0 Å². The Bertz CT molecular complexity index is 353. The molecule has 0 bridgehead atoms. The summed E-state index contributed by atoms with van der Waals surface area (Å²) in [6.45, 7) is 4.39. The van der Waals surface area contributed by atoms with Crippen LogP contribution >= 0.6 is 0 Å². The molecule has 4 nitrogen and oxygen atoms in total. The predicted octanol–water partition coefficient (Wildman–Crippen LogP) is 0.451. The van der Waals surface area contributed by atoms with Crippen molar-refractivity contribution in [3.05, 3.63) is 34.4 Å². The van der Waals surface area contributed by atoms with Crippen LogP contribution in [0.5, 0.6) is 0 Å². The van der Waals surface area contributed by atoms with Crippen molar-refractivity contribution in [2.45, 2.75) is 52.0 Å². The summed E-state index contributed by atoms with van der Waals surface area (Å²) >= 11 is 0. The molecule has 0 aliphatic carbocycles. The second kappa shape index (κ2) is 6.85. The van der Waals surface area contributed by atoms with Gasteiger partial charge in [-0.05, 0) is 48.9 Å². The maximum atomic E-state index is 9.54. The minimum absolute atomic E-state index is 0.410. The normalized spacial score (nSPS) is 14.6. The summed E-state index contributed by atoms with van der Waals surface area (Å²) in [7, 11) is 0. The molecule has 0 heterocycles. The van der Waals surface area contributed by atoms with Gasteiger partial charge in [-0.1, -0.05) is 12.1 Å². The van der Waals surface area contributed by atoms with Crippen LogP contribution in [-0.2, 0) is 25.9 Å². The number of hydrogen-bond acceptors (Lipinski definition) is 4. The summed E-state index contributed by atoms with van der Waals surface area (Å²) < 4.78 is 0. The second-order valence-electron chi connectivity index (χ2n) is 4.90. The van der Waals surface area contributed by atoms with Crippen LogP contribution in [-0.4, -0.2) is 22.4 Å². The summed E-state index contributed by atoms with van der Waals surface area (Å²) in [6, 6.07) is 4.01. The molecule has 0 saturated carbocycles. The molecule has 0 aromatic heterocycles. The van der Waals surface area contributed by atoms with E-state index in [9.17, 15) is 10.2 Å². The van der Waals surface area contributed by atoms with E-state index in [4.69, 9.17) is 11.5 Å². The van der Waals surface area contributed by atoms with E-state index in [1.165, 1.54) is 0 Å². The molecule has 1 rings (SSSR count). The summed E-state index contributed by atoms with van der Waals surface area (Å²) in [5, 5.41) is 19.1. The summed E-state index contributed by atoms with van der Waals surface area (Å²) in [6.07, 6.45) is 0.319. The zero-order valence-corrected chi connectivity index (χ0v) is 11.2. The lowest BCUT2D eigenvalue weighted by molar-refractivity contribution is 0.188. The molecule has 0 aliphatic heterocycles. The highest BCUT2D eigenvalue weighted by Gasteiger charge is 2.12. The van der Waals surface area contributed by atoms with Gasteiger partial charge in [0, 0.05) is 13.1 Å². The monoisotopic (exact) mass is 252 g/mol. The molecule has 0 spiro atoms. The zero-order valence-electron chi connectivity index (χ0n) is 11.2. The number of nitrogens with two attached hydrogens (primary N) is 2. The Morgan fingerprint density at radius 3 is 1.39 bits per heavy atom. The Morgan fingerprint density at radius 1 is 0.833 bits per heavy atom. The van der Waals surface area contributed by atoms with Crippen molar-refractivity contribution in [1.29, 1.82) is 0 Å². The molecule has 0 aliphatic rings. The number of aliphatic hydroxyl groups excluding tert-OH is 2. The number of aliphatic hydroxyl groups is 2. The van der Waals surface area contributed by atoms with Crippen LogP contribution in [0.15, 0.2) is 12.1 Å². The molecule has 0 radical (unpaired) electrons. The molecule has 18 heavy (non-hydrogen) atoms. The van der Waals surface area contributed by atoms with E-state index in [2.05, 4.69) is 0 Å². The van der Waals surface area contributed by atoms with Crippen LogP contribution in [0.25, 0.3) is 0 Å². The Labute approximate surface area is 109 Å². The van der Waals surface area contributed by atoms with Crippen molar-refractivity contribution in [2.75, 3.05) is 0 Å². The van der Waals surface area contributed by atoms with E-state index in [-0.39, 0.29) is 0 Å². The van der Waals surface area contributed by atoms with Crippen molar-refractivity contribution in [3.63, 3.8) is 0 Å². The molecule has 0 fully saturated rings. The number of hydrogen-bond donors (Lipinski definition) is 4. The lowest BCUT2D eigenvalue weighted by Crippen LogP contribution is -2.15. The third-order valence-corrected chi connectivity index (χ3v) is 2.99. The van der Waals surface area contributed by atoms with E-state index in [1.807, 2.05) is 12.1 Å². The highest BCUT2D eigenvalue weighted by Crippen LogP contribution is 2.20. The van der Waals surface area contributed by atoms with Crippen LogP contribution in [0.4, 0.5) is 0 Å². The first-order valence-corrected chi connectivity index (χ1v) is 6.37. The predicted molar refractivity (Wildman–Crippen MR) is 73.0 cm³/mol. The molecule has 1 aromatic rings. The van der Waals surface area contributed by atoms with Crippen LogP contribution in [0, 0.1) is 0 Å². The molecule has 0 saturated heterocycles. The quantitative estimate of drug-likeness (QED) is 0.591. The van der Waals surface area contributed by atoms with Gasteiger partial charge in [0.15, 0.2) is 0 Å². The number of benzene rings is 1. The smallest absolute Gasteiger partial charge is 0.0552 e. The van der Waals surface area contributed by atoms with Crippen LogP contribution in [0.2, 0.25) is 0 Å². The minimum atomic E-state index is -0.410. The van der Waals surface area contributed by atoms with Gasteiger partial charge in [0.2, 0.25) is 0 Å². The van der Waals surface area contributed by atoms with E-state index >= 15 is 0 Å². The Kier molecular flexibility index (Phi) is 5.75. The molecule has 2 atom stereocenters. The lowest BCUT2D eigenvalue weighted by Gasteiger charge is -2.17. The van der Waals surface area contributed by atoms with E-state index in [1.54, 1.807) is 13.8 Å². The average Bonchev–Trinajstić information content (AvgIpc) is 2.29. The molecular weight excluding hydrogens is 228 g/mol. The van der Waals surface area contributed by atoms with Crippen molar-refractivity contribution >= 4 is 0 Å². The standard InChI is InChI=1S/C14H24N2O2/c1-9(17)3-11-5-13(7-15)14(8-16)6-12(11)4-10(2)18/h5-6,9-10,17-18H,3-4,7-8,15-16H2,1-2H3. The fourth-order valence-corrected chi connectivity index (χ4v) is 2.19. The highest BCUT2D eigenvalue weighted by atomic mass is 16.3. The second-order valence-corrected chi connectivity index (χ2v) is 4.90. The van der Waals surface area contributed by atoms with Crippen molar-refractivity contribution < 1.29 is 10.2 Å². The summed E-state index contributed by atoms with van der Waals surface area (Å²) in [5.41, 5.74) is 15.5. The maximum absolute atomic E-state index is 9.54. The van der Waals surface area contributed by atoms with Crippen LogP contribution in [0.1, 0.15) is 36.1 Å². The Hall–Kier alpha value is -0.940. The SMILES string of the molecule is CC(O)Cc1cc(CN)c(CN)cc1CC(C)O. The van der Waals surface area contributed by atoms with E-state index in [0.717, 1.165) is 22.3 Å².